The van der Waals surface area contributed by atoms with E-state index in [9.17, 15) is 5.26 Å². The standard InChI is InChI=1S/C16H16BN3OS/c1-8-6-9(2)19-14(10(8)3)16(21-17)13(7-18)15-11(4)22-12(5)20-15/h6H,1-5H3. The fourth-order valence-electron chi connectivity index (χ4n) is 2.33. The molecular weight excluding hydrogens is 293 g/mol. The number of nitriles is 1. The Kier molecular flexibility index (Phi) is 4.67. The molecule has 0 unspecified atom stereocenters. The molecular formula is C16H16BN3OS. The van der Waals surface area contributed by atoms with Crippen LogP contribution < -0.4 is 0 Å². The zero-order valence-corrected chi connectivity index (χ0v) is 14.1. The summed E-state index contributed by atoms with van der Waals surface area (Å²) in [6.45, 7) is 9.65. The molecule has 2 radical (unpaired) electrons. The number of aromatic nitrogens is 2. The molecule has 2 aromatic rings. The van der Waals surface area contributed by atoms with Crippen LogP contribution in [0.2, 0.25) is 0 Å². The van der Waals surface area contributed by atoms with Crippen LogP contribution in [0, 0.1) is 45.9 Å². The monoisotopic (exact) mass is 309 g/mol. The van der Waals surface area contributed by atoms with Gasteiger partial charge in [0.25, 0.3) is 0 Å². The van der Waals surface area contributed by atoms with Crippen LogP contribution in [-0.2, 0) is 4.65 Å². The lowest BCUT2D eigenvalue weighted by Gasteiger charge is -2.14. The third kappa shape index (κ3) is 2.90. The van der Waals surface area contributed by atoms with Gasteiger partial charge in [0.05, 0.1) is 10.7 Å². The van der Waals surface area contributed by atoms with Crippen LogP contribution in [0.4, 0.5) is 0 Å². The third-order valence-electron chi connectivity index (χ3n) is 3.47. The van der Waals surface area contributed by atoms with Crippen LogP contribution in [0.15, 0.2) is 6.07 Å². The van der Waals surface area contributed by atoms with Gasteiger partial charge in [-0.25, -0.2) is 9.97 Å². The number of hydrogen-bond acceptors (Lipinski definition) is 5. The third-order valence-corrected chi connectivity index (χ3v) is 4.36. The van der Waals surface area contributed by atoms with Gasteiger partial charge in [-0.1, -0.05) is 0 Å². The molecule has 0 aliphatic heterocycles. The summed E-state index contributed by atoms with van der Waals surface area (Å²) in [6, 6.07) is 4.15. The molecule has 0 atom stereocenters. The zero-order valence-electron chi connectivity index (χ0n) is 13.3. The Bertz CT molecular complexity index is 802. The summed E-state index contributed by atoms with van der Waals surface area (Å²) in [5.41, 5.74) is 4.34. The molecule has 0 saturated carbocycles. The molecule has 0 spiro atoms. The molecule has 0 amide bonds. The van der Waals surface area contributed by atoms with E-state index in [1.807, 2.05) is 40.7 Å². The van der Waals surface area contributed by atoms with Gasteiger partial charge in [-0.2, -0.15) is 5.26 Å². The molecule has 4 nitrogen and oxygen atoms in total. The molecule has 2 rings (SSSR count). The van der Waals surface area contributed by atoms with Crippen LogP contribution in [0.1, 0.15) is 38.1 Å². The van der Waals surface area contributed by atoms with Gasteiger partial charge in [-0.15, -0.1) is 11.3 Å². The van der Waals surface area contributed by atoms with E-state index in [0.717, 1.165) is 26.7 Å². The molecule has 2 heterocycles. The van der Waals surface area contributed by atoms with Gasteiger partial charge >= 0.3 is 8.05 Å². The second-order valence-electron chi connectivity index (χ2n) is 5.13. The van der Waals surface area contributed by atoms with Gasteiger partial charge < -0.3 is 4.65 Å². The second-order valence-corrected chi connectivity index (χ2v) is 6.53. The van der Waals surface area contributed by atoms with E-state index < -0.39 is 0 Å². The lowest BCUT2D eigenvalue weighted by molar-refractivity contribution is 0.569. The highest BCUT2D eigenvalue weighted by Crippen LogP contribution is 2.31. The summed E-state index contributed by atoms with van der Waals surface area (Å²) < 4.78 is 5.06. The highest BCUT2D eigenvalue weighted by molar-refractivity contribution is 7.11. The first-order valence-corrected chi connectivity index (χ1v) is 7.61. The molecule has 0 aliphatic carbocycles. The molecule has 0 N–H and O–H groups in total. The van der Waals surface area contributed by atoms with Crippen molar-refractivity contribution in [3.8, 4) is 6.07 Å². The number of rotatable bonds is 3. The highest BCUT2D eigenvalue weighted by Gasteiger charge is 2.20. The van der Waals surface area contributed by atoms with E-state index >= 15 is 0 Å². The van der Waals surface area contributed by atoms with E-state index in [2.05, 4.69) is 16.0 Å². The van der Waals surface area contributed by atoms with Crippen molar-refractivity contribution in [2.24, 2.45) is 0 Å². The maximum atomic E-state index is 9.60. The maximum Gasteiger partial charge on any atom is 0.374 e. The number of allylic oxidation sites excluding steroid dienone is 1. The van der Waals surface area contributed by atoms with Crippen molar-refractivity contribution < 1.29 is 4.65 Å². The minimum atomic E-state index is 0.264. The van der Waals surface area contributed by atoms with Crippen LogP contribution in [0.25, 0.3) is 11.3 Å². The van der Waals surface area contributed by atoms with Crippen LogP contribution in [0.3, 0.4) is 0 Å². The summed E-state index contributed by atoms with van der Waals surface area (Å²) >= 11 is 1.53. The number of nitrogens with zero attached hydrogens (tertiary/aromatic N) is 3. The summed E-state index contributed by atoms with van der Waals surface area (Å²) in [5, 5.41) is 10.5. The average Bonchev–Trinajstić information content (AvgIpc) is 2.79. The van der Waals surface area contributed by atoms with E-state index in [1.165, 1.54) is 11.3 Å². The SMILES string of the molecule is [B]OC(=C(C#N)c1nc(C)sc1C)c1nc(C)cc(C)c1C. The van der Waals surface area contributed by atoms with E-state index in [0.29, 0.717) is 17.0 Å². The molecule has 0 aliphatic rings. The predicted molar refractivity (Wildman–Crippen MR) is 89.3 cm³/mol. The second kappa shape index (κ2) is 6.33. The van der Waals surface area contributed by atoms with E-state index in [1.54, 1.807) is 0 Å². The molecule has 0 bridgehead atoms. The summed E-state index contributed by atoms with van der Waals surface area (Å²) in [4.78, 5) is 9.87. The molecule has 0 aromatic carbocycles. The Labute approximate surface area is 135 Å². The van der Waals surface area contributed by atoms with Crippen molar-refractivity contribution in [2.45, 2.75) is 34.6 Å². The number of hydrogen-bond donors (Lipinski definition) is 0. The van der Waals surface area contributed by atoms with Gasteiger partial charge in [0, 0.05) is 10.6 Å². The molecule has 0 saturated heterocycles. The summed E-state index contributed by atoms with van der Waals surface area (Å²) in [6.07, 6.45) is 0. The normalized spacial score (nSPS) is 11.8. The summed E-state index contributed by atoms with van der Waals surface area (Å²) in [5.74, 6) is 0.264. The Hall–Kier alpha value is -2.13. The first-order valence-electron chi connectivity index (χ1n) is 6.79. The van der Waals surface area contributed by atoms with Crippen molar-refractivity contribution in [3.63, 3.8) is 0 Å². The van der Waals surface area contributed by atoms with E-state index in [-0.39, 0.29) is 5.76 Å². The van der Waals surface area contributed by atoms with Crippen molar-refractivity contribution in [1.82, 2.24) is 9.97 Å². The minimum Gasteiger partial charge on any atom is -0.565 e. The first-order chi connectivity index (χ1) is 10.4. The quantitative estimate of drug-likeness (QED) is 0.494. The Balaban J connectivity index is 2.78. The van der Waals surface area contributed by atoms with Gasteiger partial charge in [0.1, 0.15) is 23.1 Å². The topological polar surface area (TPSA) is 58.8 Å². The van der Waals surface area contributed by atoms with Crippen molar-refractivity contribution in [2.75, 3.05) is 0 Å². The molecule has 2 aromatic heterocycles. The largest absolute Gasteiger partial charge is 0.565 e. The fourth-order valence-corrected chi connectivity index (χ4v) is 3.15. The average molecular weight is 309 g/mol. The van der Waals surface area contributed by atoms with Gasteiger partial charge in [0.2, 0.25) is 0 Å². The number of aryl methyl sites for hydroxylation is 4. The Morgan fingerprint density at radius 2 is 1.86 bits per heavy atom. The molecule has 0 fully saturated rings. The van der Waals surface area contributed by atoms with Crippen LogP contribution in [0.5, 0.6) is 0 Å². The zero-order chi connectivity index (χ0) is 16.4. The predicted octanol–water partition coefficient (Wildman–Crippen LogP) is 3.57. The van der Waals surface area contributed by atoms with Gasteiger partial charge in [-0.3, -0.25) is 0 Å². The van der Waals surface area contributed by atoms with Crippen LogP contribution in [-0.4, -0.2) is 18.0 Å². The fraction of sp³-hybridized carbons (Fsp3) is 0.312. The van der Waals surface area contributed by atoms with Gasteiger partial charge in [-0.05, 0) is 51.8 Å². The number of thiazole rings is 1. The van der Waals surface area contributed by atoms with Crippen molar-refractivity contribution in [1.29, 1.82) is 5.26 Å². The number of pyridine rings is 1. The minimum absolute atomic E-state index is 0.264. The molecule has 110 valence electrons. The molecule has 22 heavy (non-hydrogen) atoms. The lowest BCUT2D eigenvalue weighted by atomic mass is 10.0. The lowest BCUT2D eigenvalue weighted by Crippen LogP contribution is -2.03. The van der Waals surface area contributed by atoms with Gasteiger partial charge in [0.15, 0.2) is 0 Å². The van der Waals surface area contributed by atoms with Crippen molar-refractivity contribution >= 4 is 30.7 Å². The van der Waals surface area contributed by atoms with Crippen LogP contribution >= 0.6 is 11.3 Å². The van der Waals surface area contributed by atoms with E-state index in [4.69, 9.17) is 12.7 Å². The smallest absolute Gasteiger partial charge is 0.374 e. The Morgan fingerprint density at radius 3 is 2.36 bits per heavy atom. The summed E-state index contributed by atoms with van der Waals surface area (Å²) in [7, 11) is 5.47. The Morgan fingerprint density at radius 1 is 1.18 bits per heavy atom. The molecule has 6 heteroatoms. The maximum absolute atomic E-state index is 9.60. The highest BCUT2D eigenvalue weighted by atomic mass is 32.1. The first kappa shape index (κ1) is 16.2. The van der Waals surface area contributed by atoms with Crippen molar-refractivity contribution in [3.05, 3.63) is 44.2 Å².